The summed E-state index contributed by atoms with van der Waals surface area (Å²) in [4.78, 5) is 2.63. The van der Waals surface area contributed by atoms with Gasteiger partial charge in [0.2, 0.25) is 0 Å². The van der Waals surface area contributed by atoms with Gasteiger partial charge < -0.3 is 0 Å². The summed E-state index contributed by atoms with van der Waals surface area (Å²) in [6.07, 6.45) is 27.4. The van der Waals surface area contributed by atoms with Crippen molar-refractivity contribution in [1.82, 2.24) is 4.90 Å². The molecule has 2 heteroatoms. The highest BCUT2D eigenvalue weighted by Crippen LogP contribution is 2.26. The van der Waals surface area contributed by atoms with Gasteiger partial charge in [0, 0.05) is 6.04 Å². The maximum absolute atomic E-state index is 2.63. The first-order chi connectivity index (χ1) is 15.8. The van der Waals surface area contributed by atoms with E-state index < -0.39 is 0 Å². The summed E-state index contributed by atoms with van der Waals surface area (Å²) in [7, 11) is 0. The molecule has 0 fully saturated rings. The Labute approximate surface area is 214 Å². The standard InChI is InChI=1S/C31H57N.ClH/c1-4-7-8-9-10-11-12-13-14-15-16-17-18-19-20-21-22-26-29-31(32(5-2)6-3)30-27-24-23-25-28-30;/h23-25,27-28,31H,4-22,26,29H2,1-3H3;1H. The zero-order valence-corrected chi connectivity index (χ0v) is 23.5. The van der Waals surface area contributed by atoms with E-state index in [0.29, 0.717) is 6.04 Å². The molecule has 0 heterocycles. The van der Waals surface area contributed by atoms with E-state index in [2.05, 4.69) is 56.0 Å². The molecule has 1 atom stereocenters. The molecule has 1 rings (SSSR count). The Morgan fingerprint density at radius 2 is 0.879 bits per heavy atom. The average molecular weight is 480 g/mol. The van der Waals surface area contributed by atoms with Crippen molar-refractivity contribution < 1.29 is 0 Å². The minimum absolute atomic E-state index is 0. The van der Waals surface area contributed by atoms with Gasteiger partial charge in [-0.15, -0.1) is 12.4 Å². The summed E-state index contributed by atoms with van der Waals surface area (Å²) < 4.78 is 0. The highest BCUT2D eigenvalue weighted by atomic mass is 35.5. The topological polar surface area (TPSA) is 3.24 Å². The molecule has 0 aliphatic carbocycles. The monoisotopic (exact) mass is 479 g/mol. The average Bonchev–Trinajstić information content (AvgIpc) is 2.83. The molecule has 0 bridgehead atoms. The molecule has 1 aromatic carbocycles. The minimum atomic E-state index is 0. The minimum Gasteiger partial charge on any atom is -0.297 e. The summed E-state index contributed by atoms with van der Waals surface area (Å²) in [5.41, 5.74) is 1.50. The summed E-state index contributed by atoms with van der Waals surface area (Å²) in [6, 6.07) is 11.8. The predicted molar refractivity (Wildman–Crippen MR) is 153 cm³/mol. The van der Waals surface area contributed by atoms with E-state index in [1.165, 1.54) is 128 Å². The molecule has 0 N–H and O–H groups in total. The molecular formula is C31H58ClN. The van der Waals surface area contributed by atoms with Crippen molar-refractivity contribution in [3.8, 4) is 0 Å². The summed E-state index contributed by atoms with van der Waals surface area (Å²) in [5.74, 6) is 0. The van der Waals surface area contributed by atoms with E-state index in [1.54, 1.807) is 0 Å². The molecule has 0 saturated heterocycles. The lowest BCUT2D eigenvalue weighted by Crippen LogP contribution is -2.28. The maximum Gasteiger partial charge on any atom is 0.0347 e. The molecule has 0 spiro atoms. The molecule has 0 aromatic heterocycles. The SMILES string of the molecule is CCCCCCCCCCCCCCCCCCCCC(c1ccccc1)N(CC)CC.Cl. The number of rotatable bonds is 23. The largest absolute Gasteiger partial charge is 0.297 e. The zero-order chi connectivity index (χ0) is 23.1. The van der Waals surface area contributed by atoms with Crippen LogP contribution < -0.4 is 0 Å². The van der Waals surface area contributed by atoms with Crippen LogP contribution in [0, 0.1) is 0 Å². The molecular weight excluding hydrogens is 422 g/mol. The molecule has 194 valence electrons. The van der Waals surface area contributed by atoms with Gasteiger partial charge in [-0.05, 0) is 25.1 Å². The van der Waals surface area contributed by atoms with E-state index in [1.807, 2.05) is 0 Å². The van der Waals surface area contributed by atoms with Crippen molar-refractivity contribution >= 4 is 12.4 Å². The van der Waals surface area contributed by atoms with Gasteiger partial charge in [-0.25, -0.2) is 0 Å². The highest BCUT2D eigenvalue weighted by Gasteiger charge is 2.16. The van der Waals surface area contributed by atoms with Crippen molar-refractivity contribution in [3.63, 3.8) is 0 Å². The van der Waals surface area contributed by atoms with Gasteiger partial charge in [0.05, 0.1) is 0 Å². The summed E-state index contributed by atoms with van der Waals surface area (Å²) >= 11 is 0. The van der Waals surface area contributed by atoms with Crippen LogP contribution in [0.1, 0.15) is 154 Å². The van der Waals surface area contributed by atoms with Gasteiger partial charge in [-0.2, -0.15) is 0 Å². The van der Waals surface area contributed by atoms with Crippen molar-refractivity contribution in [2.75, 3.05) is 13.1 Å². The number of benzene rings is 1. The van der Waals surface area contributed by atoms with Crippen molar-refractivity contribution in [3.05, 3.63) is 35.9 Å². The summed E-state index contributed by atoms with van der Waals surface area (Å²) in [6.45, 7) is 9.20. The van der Waals surface area contributed by atoms with E-state index in [0.717, 1.165) is 13.1 Å². The first-order valence-electron chi connectivity index (χ1n) is 14.6. The zero-order valence-electron chi connectivity index (χ0n) is 22.7. The predicted octanol–water partition coefficient (Wildman–Crippen LogP) is 10.9. The van der Waals surface area contributed by atoms with Crippen LogP contribution in [0.25, 0.3) is 0 Å². The van der Waals surface area contributed by atoms with Gasteiger partial charge in [-0.3, -0.25) is 4.90 Å². The molecule has 0 aliphatic rings. The Hall–Kier alpha value is -0.530. The van der Waals surface area contributed by atoms with Crippen LogP contribution in [0.15, 0.2) is 30.3 Å². The van der Waals surface area contributed by atoms with Crippen LogP contribution in [-0.4, -0.2) is 18.0 Å². The third kappa shape index (κ3) is 17.5. The maximum atomic E-state index is 2.63. The fourth-order valence-electron chi connectivity index (χ4n) is 5.14. The molecule has 0 amide bonds. The quantitative estimate of drug-likeness (QED) is 0.141. The number of hydrogen-bond donors (Lipinski definition) is 0. The molecule has 0 saturated carbocycles. The number of halogens is 1. The third-order valence-corrected chi connectivity index (χ3v) is 7.27. The smallest absolute Gasteiger partial charge is 0.0347 e. The number of unbranched alkanes of at least 4 members (excludes halogenated alkanes) is 17. The first-order valence-corrected chi connectivity index (χ1v) is 14.6. The van der Waals surface area contributed by atoms with E-state index >= 15 is 0 Å². The fraction of sp³-hybridized carbons (Fsp3) is 0.806. The lowest BCUT2D eigenvalue weighted by Gasteiger charge is -2.30. The van der Waals surface area contributed by atoms with Crippen LogP contribution in [0.5, 0.6) is 0 Å². The third-order valence-electron chi connectivity index (χ3n) is 7.27. The van der Waals surface area contributed by atoms with Crippen LogP contribution in [0.4, 0.5) is 0 Å². The van der Waals surface area contributed by atoms with Crippen molar-refractivity contribution in [2.45, 2.75) is 149 Å². The lowest BCUT2D eigenvalue weighted by molar-refractivity contribution is 0.204. The van der Waals surface area contributed by atoms with Crippen LogP contribution >= 0.6 is 12.4 Å². The van der Waals surface area contributed by atoms with Gasteiger partial charge in [0.15, 0.2) is 0 Å². The van der Waals surface area contributed by atoms with Crippen molar-refractivity contribution in [2.24, 2.45) is 0 Å². The van der Waals surface area contributed by atoms with Crippen molar-refractivity contribution in [1.29, 1.82) is 0 Å². The lowest BCUT2D eigenvalue weighted by atomic mass is 9.97. The second-order valence-electron chi connectivity index (χ2n) is 9.95. The highest BCUT2D eigenvalue weighted by molar-refractivity contribution is 5.85. The first kappa shape index (κ1) is 32.5. The summed E-state index contributed by atoms with van der Waals surface area (Å²) in [5, 5.41) is 0. The number of hydrogen-bond acceptors (Lipinski definition) is 1. The van der Waals surface area contributed by atoms with Crippen LogP contribution in [0.3, 0.4) is 0 Å². The molecule has 0 radical (unpaired) electrons. The van der Waals surface area contributed by atoms with Gasteiger partial charge in [-0.1, -0.05) is 167 Å². The Balaban J connectivity index is 0.0000102. The van der Waals surface area contributed by atoms with E-state index in [-0.39, 0.29) is 12.4 Å². The normalized spacial score (nSPS) is 12.1. The van der Waals surface area contributed by atoms with Gasteiger partial charge >= 0.3 is 0 Å². The Kier molecular flexibility index (Phi) is 24.2. The fourth-order valence-corrected chi connectivity index (χ4v) is 5.14. The van der Waals surface area contributed by atoms with Gasteiger partial charge in [0.25, 0.3) is 0 Å². The molecule has 1 unspecified atom stereocenters. The molecule has 1 aromatic rings. The number of nitrogens with zero attached hydrogens (tertiary/aromatic N) is 1. The van der Waals surface area contributed by atoms with E-state index in [9.17, 15) is 0 Å². The molecule has 33 heavy (non-hydrogen) atoms. The van der Waals surface area contributed by atoms with Crippen LogP contribution in [0.2, 0.25) is 0 Å². The second-order valence-corrected chi connectivity index (χ2v) is 9.95. The van der Waals surface area contributed by atoms with E-state index in [4.69, 9.17) is 0 Å². The Morgan fingerprint density at radius 3 is 1.24 bits per heavy atom. The Bertz CT molecular complexity index is 485. The van der Waals surface area contributed by atoms with Crippen LogP contribution in [-0.2, 0) is 0 Å². The molecule has 1 nitrogen and oxygen atoms in total. The molecule has 0 aliphatic heterocycles. The Morgan fingerprint density at radius 1 is 0.515 bits per heavy atom. The second kappa shape index (κ2) is 24.6. The van der Waals surface area contributed by atoms with Gasteiger partial charge in [0.1, 0.15) is 0 Å².